The average molecular weight is 426 g/mol. The van der Waals surface area contributed by atoms with E-state index in [4.69, 9.17) is 9.47 Å². The van der Waals surface area contributed by atoms with Gasteiger partial charge in [-0.15, -0.1) is 13.2 Å². The molecular formula is C16H19BrF3NO4. The fourth-order valence-electron chi connectivity index (χ4n) is 2.64. The van der Waals surface area contributed by atoms with E-state index in [0.717, 1.165) is 25.9 Å². The van der Waals surface area contributed by atoms with Crippen LogP contribution in [0.1, 0.15) is 12.8 Å². The zero-order valence-electron chi connectivity index (χ0n) is 13.6. The fourth-order valence-corrected chi connectivity index (χ4v) is 3.00. The van der Waals surface area contributed by atoms with E-state index >= 15 is 0 Å². The second kappa shape index (κ2) is 8.75. The molecule has 1 heterocycles. The van der Waals surface area contributed by atoms with Crippen molar-refractivity contribution >= 4 is 21.9 Å². The normalized spacial score (nSPS) is 16.5. The van der Waals surface area contributed by atoms with E-state index in [1.165, 1.54) is 25.3 Å². The maximum Gasteiger partial charge on any atom is 0.573 e. The number of likely N-dealkylation sites (tertiary alicyclic amines) is 1. The van der Waals surface area contributed by atoms with Crippen molar-refractivity contribution in [2.45, 2.75) is 19.2 Å². The topological polar surface area (TPSA) is 48.0 Å². The molecule has 0 amide bonds. The Hall–Kier alpha value is -1.48. The van der Waals surface area contributed by atoms with E-state index in [2.05, 4.69) is 25.6 Å². The summed E-state index contributed by atoms with van der Waals surface area (Å²) in [5.74, 6) is -0.287. The number of halogens is 4. The van der Waals surface area contributed by atoms with Gasteiger partial charge in [0.05, 0.1) is 17.5 Å². The van der Waals surface area contributed by atoms with Crippen LogP contribution in [0.15, 0.2) is 22.7 Å². The number of alkyl halides is 3. The number of hydrogen-bond acceptors (Lipinski definition) is 5. The zero-order chi connectivity index (χ0) is 18.4. The summed E-state index contributed by atoms with van der Waals surface area (Å²) in [5, 5.41) is 0. The minimum Gasteiger partial charge on any atom is -0.491 e. The van der Waals surface area contributed by atoms with Gasteiger partial charge in [0, 0.05) is 12.6 Å². The lowest BCUT2D eigenvalue weighted by Crippen LogP contribution is -2.38. The van der Waals surface area contributed by atoms with Gasteiger partial charge in [-0.1, -0.05) is 0 Å². The van der Waals surface area contributed by atoms with Crippen LogP contribution < -0.4 is 9.47 Å². The maximum absolute atomic E-state index is 12.3. The van der Waals surface area contributed by atoms with Crippen molar-refractivity contribution in [1.29, 1.82) is 0 Å². The van der Waals surface area contributed by atoms with Gasteiger partial charge in [-0.3, -0.25) is 9.69 Å². The zero-order valence-corrected chi connectivity index (χ0v) is 15.2. The lowest BCUT2D eigenvalue weighted by Gasteiger charge is -2.30. The van der Waals surface area contributed by atoms with E-state index in [1.807, 2.05) is 0 Å². The Labute approximate surface area is 152 Å². The van der Waals surface area contributed by atoms with Gasteiger partial charge in [0.2, 0.25) is 0 Å². The van der Waals surface area contributed by atoms with Gasteiger partial charge in [-0.2, -0.15) is 0 Å². The lowest BCUT2D eigenvalue weighted by molar-refractivity contribution is -0.274. The molecule has 1 aliphatic heterocycles. The Bertz CT molecular complexity index is 589. The highest BCUT2D eigenvalue weighted by Crippen LogP contribution is 2.32. The van der Waals surface area contributed by atoms with Crippen LogP contribution in [0.2, 0.25) is 0 Å². The molecule has 2 rings (SSSR count). The van der Waals surface area contributed by atoms with Crippen molar-refractivity contribution in [2.75, 3.05) is 33.4 Å². The molecule has 140 valence electrons. The highest BCUT2D eigenvalue weighted by Gasteiger charge is 2.31. The number of carbonyl (C=O) groups excluding carboxylic acids is 1. The highest BCUT2D eigenvalue weighted by atomic mass is 79.9. The number of hydrogen-bond donors (Lipinski definition) is 0. The van der Waals surface area contributed by atoms with Crippen LogP contribution in [0.25, 0.3) is 0 Å². The molecular weight excluding hydrogens is 407 g/mol. The summed E-state index contributed by atoms with van der Waals surface area (Å²) in [6.45, 7) is 2.44. The van der Waals surface area contributed by atoms with E-state index < -0.39 is 6.36 Å². The number of esters is 1. The van der Waals surface area contributed by atoms with Crippen molar-refractivity contribution in [3.8, 4) is 11.5 Å². The first-order chi connectivity index (χ1) is 11.8. The number of nitrogens with zero attached hydrogens (tertiary/aromatic N) is 1. The van der Waals surface area contributed by atoms with Crippen molar-refractivity contribution in [2.24, 2.45) is 5.92 Å². The molecule has 0 N–H and O–H groups in total. The molecule has 0 bridgehead atoms. The fraction of sp³-hybridized carbons (Fsp3) is 0.562. The molecule has 0 aromatic heterocycles. The van der Waals surface area contributed by atoms with Crippen molar-refractivity contribution < 1.29 is 32.2 Å². The molecule has 0 spiro atoms. The van der Waals surface area contributed by atoms with Crippen molar-refractivity contribution in [1.82, 2.24) is 4.90 Å². The lowest BCUT2D eigenvalue weighted by atomic mass is 9.97. The number of benzene rings is 1. The summed E-state index contributed by atoms with van der Waals surface area (Å²) in [6, 6.07) is 3.85. The number of piperidine rings is 1. The average Bonchev–Trinajstić information content (AvgIpc) is 2.56. The van der Waals surface area contributed by atoms with Crippen molar-refractivity contribution in [3.05, 3.63) is 22.7 Å². The SMILES string of the molecule is COC(=O)C1CCN(CCOc2cc(OC(F)(F)F)ccc2Br)CC1. The molecule has 1 aliphatic rings. The molecule has 0 unspecified atom stereocenters. The van der Waals surface area contributed by atoms with Crippen LogP contribution in [0.3, 0.4) is 0 Å². The first-order valence-electron chi connectivity index (χ1n) is 7.77. The predicted octanol–water partition coefficient (Wildman–Crippen LogP) is 3.61. The summed E-state index contributed by atoms with van der Waals surface area (Å²) in [7, 11) is 1.39. The third kappa shape index (κ3) is 6.39. The minimum atomic E-state index is -4.74. The number of rotatable bonds is 6. The molecule has 1 aromatic carbocycles. The van der Waals surface area contributed by atoms with Gasteiger partial charge in [0.1, 0.15) is 18.1 Å². The van der Waals surface area contributed by atoms with E-state index in [9.17, 15) is 18.0 Å². The standard InChI is InChI=1S/C16H19BrF3NO4/c1-23-15(22)11-4-6-21(7-5-11)8-9-24-14-10-12(2-3-13(14)17)25-16(18,19)20/h2-3,10-11H,4-9H2,1H3. The van der Waals surface area contributed by atoms with Crippen LogP contribution >= 0.6 is 15.9 Å². The quantitative estimate of drug-likeness (QED) is 0.651. The predicted molar refractivity (Wildman–Crippen MR) is 87.5 cm³/mol. The molecule has 1 saturated heterocycles. The van der Waals surface area contributed by atoms with Gasteiger partial charge in [0.25, 0.3) is 0 Å². The summed E-state index contributed by atoms with van der Waals surface area (Å²) in [4.78, 5) is 13.6. The van der Waals surface area contributed by atoms with E-state index in [1.54, 1.807) is 0 Å². The van der Waals surface area contributed by atoms with Gasteiger partial charge in [-0.25, -0.2) is 0 Å². The summed E-state index contributed by atoms with van der Waals surface area (Å²) >= 11 is 3.24. The molecule has 25 heavy (non-hydrogen) atoms. The monoisotopic (exact) mass is 425 g/mol. The number of carbonyl (C=O) groups is 1. The maximum atomic E-state index is 12.3. The van der Waals surface area contributed by atoms with Crippen LogP contribution in [0.4, 0.5) is 13.2 Å². The molecule has 1 aromatic rings. The number of methoxy groups -OCH3 is 1. The van der Waals surface area contributed by atoms with Crippen LogP contribution in [-0.4, -0.2) is 50.6 Å². The van der Waals surface area contributed by atoms with E-state index in [-0.39, 0.29) is 23.4 Å². The van der Waals surface area contributed by atoms with Gasteiger partial charge >= 0.3 is 12.3 Å². The first kappa shape index (κ1) is 19.8. The third-order valence-electron chi connectivity index (χ3n) is 3.92. The Morgan fingerprint density at radius 2 is 2.00 bits per heavy atom. The summed E-state index contributed by atoms with van der Waals surface area (Å²) in [5.41, 5.74) is 0. The Kier molecular flexibility index (Phi) is 6.95. The second-order valence-electron chi connectivity index (χ2n) is 5.63. The van der Waals surface area contributed by atoms with Crippen LogP contribution in [-0.2, 0) is 9.53 Å². The molecule has 0 saturated carbocycles. The van der Waals surface area contributed by atoms with Crippen LogP contribution in [0, 0.1) is 5.92 Å². The van der Waals surface area contributed by atoms with Gasteiger partial charge < -0.3 is 14.2 Å². The third-order valence-corrected chi connectivity index (χ3v) is 4.58. The molecule has 0 radical (unpaired) electrons. The first-order valence-corrected chi connectivity index (χ1v) is 8.56. The van der Waals surface area contributed by atoms with Crippen molar-refractivity contribution in [3.63, 3.8) is 0 Å². The Morgan fingerprint density at radius 3 is 2.60 bits per heavy atom. The minimum absolute atomic E-state index is 0.0625. The summed E-state index contributed by atoms with van der Waals surface area (Å²) < 4.78 is 51.5. The molecule has 9 heteroatoms. The van der Waals surface area contributed by atoms with Crippen LogP contribution in [0.5, 0.6) is 11.5 Å². The van der Waals surface area contributed by atoms with Gasteiger partial charge in [0.15, 0.2) is 0 Å². The van der Waals surface area contributed by atoms with Gasteiger partial charge in [-0.05, 0) is 54.0 Å². The molecule has 1 fully saturated rings. The number of ether oxygens (including phenoxy) is 3. The Balaban J connectivity index is 1.80. The summed E-state index contributed by atoms with van der Waals surface area (Å²) in [6.07, 6.45) is -3.29. The smallest absolute Gasteiger partial charge is 0.491 e. The molecule has 5 nitrogen and oxygen atoms in total. The Morgan fingerprint density at radius 1 is 1.32 bits per heavy atom. The highest BCUT2D eigenvalue weighted by molar-refractivity contribution is 9.10. The molecule has 0 aliphatic carbocycles. The van der Waals surface area contributed by atoms with E-state index in [0.29, 0.717) is 17.6 Å². The largest absolute Gasteiger partial charge is 0.573 e. The molecule has 0 atom stereocenters. The second-order valence-corrected chi connectivity index (χ2v) is 6.48.